The van der Waals surface area contributed by atoms with Gasteiger partial charge in [-0.05, 0) is 28.3 Å². The number of aliphatic hydroxyl groups is 1. The fraction of sp³-hybridized carbons (Fsp3) is 0.545. The van der Waals surface area contributed by atoms with Crippen molar-refractivity contribution < 1.29 is 9.84 Å². The van der Waals surface area contributed by atoms with E-state index in [0.717, 1.165) is 16.6 Å². The van der Waals surface area contributed by atoms with Crippen LogP contribution >= 0.6 is 15.9 Å². The third-order valence-corrected chi connectivity index (χ3v) is 3.25. The number of methoxy groups -OCH3 is 1. The third-order valence-electron chi connectivity index (χ3n) is 2.66. The Bertz CT molecular complexity index is 352. The van der Waals surface area contributed by atoms with Crippen LogP contribution < -0.4 is 4.74 Å². The van der Waals surface area contributed by atoms with Crippen LogP contribution in [0.5, 0.6) is 5.75 Å². The maximum atomic E-state index is 9.91. The predicted octanol–water partition coefficient (Wildman–Crippen LogP) is 2.69. The number of halogens is 1. The van der Waals surface area contributed by atoms with E-state index in [-0.39, 0.29) is 0 Å². The maximum absolute atomic E-state index is 9.91. The Morgan fingerprint density at radius 1 is 1.67 bits per heavy atom. The molecule has 1 aromatic heterocycles. The fourth-order valence-corrected chi connectivity index (χ4v) is 1.94. The first kappa shape index (κ1) is 10.9. The molecular weight excluding hydrogens is 258 g/mol. The molecule has 82 valence electrons. The summed E-state index contributed by atoms with van der Waals surface area (Å²) in [5, 5.41) is 9.91. The second-order valence-electron chi connectivity index (χ2n) is 3.94. The lowest BCUT2D eigenvalue weighted by Gasteiger charge is -2.11. The highest BCUT2D eigenvalue weighted by atomic mass is 79.9. The molecule has 1 fully saturated rings. The van der Waals surface area contributed by atoms with E-state index in [1.54, 1.807) is 19.4 Å². The zero-order valence-corrected chi connectivity index (χ0v) is 10.2. The maximum Gasteiger partial charge on any atom is 0.136 e. The monoisotopic (exact) mass is 271 g/mol. The minimum absolute atomic E-state index is 0.459. The highest BCUT2D eigenvalue weighted by Crippen LogP contribution is 2.38. The summed E-state index contributed by atoms with van der Waals surface area (Å²) in [5.41, 5.74) is 0.696. The number of hydrogen-bond acceptors (Lipinski definition) is 3. The molecule has 1 unspecified atom stereocenters. The van der Waals surface area contributed by atoms with E-state index in [2.05, 4.69) is 20.9 Å². The van der Waals surface area contributed by atoms with Gasteiger partial charge in [0.15, 0.2) is 0 Å². The number of pyridine rings is 1. The molecule has 1 aromatic rings. The summed E-state index contributed by atoms with van der Waals surface area (Å²) in [6.45, 7) is 0. The molecule has 1 saturated carbocycles. The van der Waals surface area contributed by atoms with Crippen molar-refractivity contribution in [2.75, 3.05) is 7.11 Å². The third kappa shape index (κ3) is 2.69. The zero-order valence-electron chi connectivity index (χ0n) is 8.61. The number of nitrogens with zero attached hydrogens (tertiary/aromatic N) is 1. The minimum atomic E-state index is -0.459. The summed E-state index contributed by atoms with van der Waals surface area (Å²) in [4.78, 5) is 4.19. The van der Waals surface area contributed by atoms with Crippen molar-refractivity contribution in [2.45, 2.75) is 25.4 Å². The molecule has 2 rings (SSSR count). The van der Waals surface area contributed by atoms with Gasteiger partial charge in [0.05, 0.1) is 23.4 Å². The van der Waals surface area contributed by atoms with E-state index in [4.69, 9.17) is 4.74 Å². The predicted molar refractivity (Wildman–Crippen MR) is 60.8 cm³/mol. The Balaban J connectivity index is 2.12. The van der Waals surface area contributed by atoms with Crippen molar-refractivity contribution in [3.8, 4) is 5.75 Å². The van der Waals surface area contributed by atoms with E-state index in [1.807, 2.05) is 0 Å². The highest BCUT2D eigenvalue weighted by molar-refractivity contribution is 9.10. The lowest BCUT2D eigenvalue weighted by atomic mass is 10.1. The van der Waals surface area contributed by atoms with Gasteiger partial charge in [-0.2, -0.15) is 0 Å². The average molecular weight is 272 g/mol. The normalized spacial score (nSPS) is 17.5. The second-order valence-corrected chi connectivity index (χ2v) is 4.79. The molecule has 0 radical (unpaired) electrons. The molecule has 1 N–H and O–H groups in total. The number of aromatic nitrogens is 1. The zero-order chi connectivity index (χ0) is 10.8. The van der Waals surface area contributed by atoms with Crippen molar-refractivity contribution in [2.24, 2.45) is 5.92 Å². The van der Waals surface area contributed by atoms with Gasteiger partial charge in [0.1, 0.15) is 5.75 Å². The van der Waals surface area contributed by atoms with Crippen LogP contribution in [-0.4, -0.2) is 17.2 Å². The van der Waals surface area contributed by atoms with Crippen LogP contribution in [0.15, 0.2) is 16.7 Å². The lowest BCUT2D eigenvalue weighted by molar-refractivity contribution is 0.155. The number of ether oxygens (including phenoxy) is 1. The molecule has 1 heterocycles. The molecular formula is C11H14BrNO2. The molecule has 1 aliphatic carbocycles. The summed E-state index contributed by atoms with van der Waals surface area (Å²) in [6, 6.07) is 1.79. The summed E-state index contributed by atoms with van der Waals surface area (Å²) in [6.07, 6.45) is 4.51. The molecule has 1 atom stereocenters. The standard InChI is InChI=1S/C11H14BrNO2/c1-15-11-5-9(13-6-8(11)12)10(14)4-7-2-3-7/h5-7,10,14H,2-4H2,1H3. The second kappa shape index (κ2) is 4.49. The van der Waals surface area contributed by atoms with Crippen LogP contribution in [0, 0.1) is 5.92 Å². The summed E-state index contributed by atoms with van der Waals surface area (Å²) >= 11 is 3.33. The van der Waals surface area contributed by atoms with Crippen LogP contribution in [0.3, 0.4) is 0 Å². The Hall–Kier alpha value is -0.610. The smallest absolute Gasteiger partial charge is 0.136 e. The first-order valence-corrected chi connectivity index (χ1v) is 5.87. The molecule has 0 bridgehead atoms. The van der Waals surface area contributed by atoms with Crippen molar-refractivity contribution >= 4 is 15.9 Å². The summed E-state index contributed by atoms with van der Waals surface area (Å²) < 4.78 is 5.97. The topological polar surface area (TPSA) is 42.4 Å². The van der Waals surface area contributed by atoms with Crippen molar-refractivity contribution in [3.05, 3.63) is 22.4 Å². The van der Waals surface area contributed by atoms with Gasteiger partial charge in [0.2, 0.25) is 0 Å². The van der Waals surface area contributed by atoms with Crippen molar-refractivity contribution in [3.63, 3.8) is 0 Å². The molecule has 0 saturated heterocycles. The number of rotatable bonds is 4. The molecule has 0 aliphatic heterocycles. The SMILES string of the molecule is COc1cc(C(O)CC2CC2)ncc1Br. The first-order valence-electron chi connectivity index (χ1n) is 5.08. The molecule has 0 aromatic carbocycles. The van der Waals surface area contributed by atoms with Gasteiger partial charge in [0, 0.05) is 12.3 Å². The Labute approximate surface area is 97.6 Å². The highest BCUT2D eigenvalue weighted by Gasteiger charge is 2.26. The first-order chi connectivity index (χ1) is 7.20. The molecule has 0 amide bonds. The largest absolute Gasteiger partial charge is 0.495 e. The molecule has 1 aliphatic rings. The van der Waals surface area contributed by atoms with Crippen LogP contribution in [0.1, 0.15) is 31.1 Å². The van der Waals surface area contributed by atoms with Crippen LogP contribution in [0.2, 0.25) is 0 Å². The van der Waals surface area contributed by atoms with Gasteiger partial charge < -0.3 is 9.84 Å². The van der Waals surface area contributed by atoms with Crippen molar-refractivity contribution in [1.29, 1.82) is 0 Å². The van der Waals surface area contributed by atoms with E-state index < -0.39 is 6.10 Å². The molecule has 15 heavy (non-hydrogen) atoms. The Kier molecular flexibility index (Phi) is 3.26. The Morgan fingerprint density at radius 2 is 2.40 bits per heavy atom. The van der Waals surface area contributed by atoms with Gasteiger partial charge >= 0.3 is 0 Å². The molecule has 4 heteroatoms. The fourth-order valence-electron chi connectivity index (χ4n) is 1.56. The van der Waals surface area contributed by atoms with Gasteiger partial charge in [-0.1, -0.05) is 12.8 Å². The lowest BCUT2D eigenvalue weighted by Crippen LogP contribution is -2.02. The van der Waals surface area contributed by atoms with Gasteiger partial charge in [-0.3, -0.25) is 4.98 Å². The van der Waals surface area contributed by atoms with E-state index in [9.17, 15) is 5.11 Å². The average Bonchev–Trinajstić information content (AvgIpc) is 3.02. The quantitative estimate of drug-likeness (QED) is 0.916. The number of hydrogen-bond donors (Lipinski definition) is 1. The van der Waals surface area contributed by atoms with Crippen molar-refractivity contribution in [1.82, 2.24) is 4.98 Å². The molecule has 0 spiro atoms. The summed E-state index contributed by atoms with van der Waals surface area (Å²) in [5.74, 6) is 1.41. The minimum Gasteiger partial charge on any atom is -0.495 e. The Morgan fingerprint density at radius 3 is 3.00 bits per heavy atom. The van der Waals surface area contributed by atoms with Crippen LogP contribution in [0.4, 0.5) is 0 Å². The molecule has 3 nitrogen and oxygen atoms in total. The van der Waals surface area contributed by atoms with Crippen LogP contribution in [0.25, 0.3) is 0 Å². The summed E-state index contributed by atoms with van der Waals surface area (Å²) in [7, 11) is 1.61. The van der Waals surface area contributed by atoms with E-state index in [0.29, 0.717) is 11.6 Å². The van der Waals surface area contributed by atoms with Gasteiger partial charge in [-0.15, -0.1) is 0 Å². The van der Waals surface area contributed by atoms with Crippen LogP contribution in [-0.2, 0) is 0 Å². The van der Waals surface area contributed by atoms with E-state index in [1.165, 1.54) is 12.8 Å². The van der Waals surface area contributed by atoms with Gasteiger partial charge in [-0.25, -0.2) is 0 Å². The number of aliphatic hydroxyl groups excluding tert-OH is 1. The van der Waals surface area contributed by atoms with E-state index >= 15 is 0 Å². The van der Waals surface area contributed by atoms with Gasteiger partial charge in [0.25, 0.3) is 0 Å².